The highest BCUT2D eigenvalue weighted by molar-refractivity contribution is 5.81. The zero-order chi connectivity index (χ0) is 42.8. The highest BCUT2D eigenvalue weighted by Gasteiger charge is 2.14. The van der Waals surface area contributed by atoms with E-state index < -0.39 is 0 Å². The Labute approximate surface area is 355 Å². The van der Waals surface area contributed by atoms with E-state index in [2.05, 4.69) is 110 Å². The average Bonchev–Trinajstić information content (AvgIpc) is 4.10. The first-order valence-corrected chi connectivity index (χ1v) is 20.2. The van der Waals surface area contributed by atoms with Crippen LogP contribution in [0.5, 0.6) is 0 Å². The predicted octanol–water partition coefficient (Wildman–Crippen LogP) is 13.6. The van der Waals surface area contributed by atoms with Gasteiger partial charge in [0.25, 0.3) is 5.71 Å². The summed E-state index contributed by atoms with van der Waals surface area (Å²) in [5, 5.41) is 24.2. The van der Waals surface area contributed by atoms with Crippen molar-refractivity contribution in [1.82, 2.24) is 40.7 Å². The molecule has 0 amide bonds. The van der Waals surface area contributed by atoms with Crippen LogP contribution in [-0.2, 0) is 0 Å². The third kappa shape index (κ3) is 10.9. The Morgan fingerprint density at radius 3 is 1.31 bits per heavy atom. The predicted molar refractivity (Wildman–Crippen MR) is 241 cm³/mol. The molecule has 13 nitrogen and oxygen atoms in total. The van der Waals surface area contributed by atoms with Crippen molar-refractivity contribution in [3.05, 3.63) is 132 Å². The van der Waals surface area contributed by atoms with Crippen LogP contribution in [0.25, 0.3) is 55.1 Å². The van der Waals surface area contributed by atoms with Crippen molar-refractivity contribution >= 4 is 55.1 Å². The molecule has 0 bridgehead atoms. The first-order chi connectivity index (χ1) is 28.9. The minimum Gasteiger partial charge on any atom is -0.356 e. The molecular weight excluding hydrogens is 769 g/mol. The van der Waals surface area contributed by atoms with Gasteiger partial charge >= 0.3 is 0 Å². The van der Waals surface area contributed by atoms with E-state index in [4.69, 9.17) is 22.6 Å². The highest BCUT2D eigenvalue weighted by atomic mass is 16.5. The van der Waals surface area contributed by atoms with Gasteiger partial charge in [-0.2, -0.15) is 0 Å². The molecule has 2 aromatic carbocycles. The second kappa shape index (κ2) is 21.0. The summed E-state index contributed by atoms with van der Waals surface area (Å²) >= 11 is 0. The average molecular weight is 825 g/mol. The van der Waals surface area contributed by atoms with Crippen molar-refractivity contribution in [3.63, 3.8) is 0 Å². The van der Waals surface area contributed by atoms with Crippen molar-refractivity contribution in [3.8, 4) is 0 Å². The van der Waals surface area contributed by atoms with E-state index >= 15 is 0 Å². The van der Waals surface area contributed by atoms with Gasteiger partial charge in [0.2, 0.25) is 0 Å². The normalized spacial score (nSPS) is 11.1. The molecule has 0 fully saturated rings. The smallest absolute Gasteiger partial charge is 0.257 e. The van der Waals surface area contributed by atoms with Crippen LogP contribution in [0.1, 0.15) is 135 Å². The van der Waals surface area contributed by atoms with Crippen LogP contribution in [0.15, 0.2) is 126 Å². The van der Waals surface area contributed by atoms with E-state index in [-0.39, 0.29) is 7.43 Å². The summed E-state index contributed by atoms with van der Waals surface area (Å²) in [5.74, 6) is 1.98. The third-order valence-electron chi connectivity index (χ3n) is 9.38. The van der Waals surface area contributed by atoms with Gasteiger partial charge in [-0.3, -0.25) is 9.97 Å². The lowest BCUT2D eigenvalue weighted by molar-refractivity contribution is 0.434. The van der Waals surface area contributed by atoms with Gasteiger partial charge in [0, 0.05) is 47.5 Å². The van der Waals surface area contributed by atoms with E-state index in [1.807, 2.05) is 78.9 Å². The second-order valence-corrected chi connectivity index (χ2v) is 15.7. The maximum Gasteiger partial charge on any atom is 0.257 e. The number of para-hydroxylation sites is 2. The number of nitrogens with zero attached hydrogens (tertiary/aromatic N) is 8. The minimum atomic E-state index is 0. The molecule has 0 saturated heterocycles. The summed E-state index contributed by atoms with van der Waals surface area (Å²) in [5.41, 5.74) is 9.84. The molecule has 0 radical (unpaired) electrons. The fourth-order valence-corrected chi connectivity index (χ4v) is 6.25. The van der Waals surface area contributed by atoms with Gasteiger partial charge in [-0.05, 0) is 72.2 Å². The second-order valence-electron chi connectivity index (χ2n) is 15.7. The first kappa shape index (κ1) is 45.3. The van der Waals surface area contributed by atoms with Crippen molar-refractivity contribution in [1.29, 1.82) is 0 Å². The Morgan fingerprint density at radius 2 is 0.754 bits per heavy atom. The zero-order valence-electron chi connectivity index (χ0n) is 35.8. The lowest BCUT2D eigenvalue weighted by Gasteiger charge is -1.96. The van der Waals surface area contributed by atoms with Crippen LogP contribution >= 0.6 is 0 Å². The summed E-state index contributed by atoms with van der Waals surface area (Å²) < 4.78 is 25.6. The quantitative estimate of drug-likeness (QED) is 0.161. The number of pyridine rings is 3. The number of hydrogen-bond acceptors (Lipinski definition) is 13. The Balaban J connectivity index is 0.000000144. The van der Waals surface area contributed by atoms with E-state index in [1.54, 1.807) is 24.8 Å². The van der Waals surface area contributed by atoms with E-state index in [1.165, 1.54) is 0 Å². The van der Waals surface area contributed by atoms with Crippen LogP contribution in [0.2, 0.25) is 0 Å². The SMILES string of the molecule is C.CC(C)c1noc2ccccc12.CC(C)c1noc2ccccc12.CC(C)c1noc2cccnc12.CC(C)c1noc2ccncc12.CC(C)c1noc2ncccc12. The highest BCUT2D eigenvalue weighted by Crippen LogP contribution is 2.26. The third-order valence-corrected chi connectivity index (χ3v) is 9.38. The molecule has 0 saturated carbocycles. The van der Waals surface area contributed by atoms with Gasteiger partial charge in [-0.15, -0.1) is 0 Å². The van der Waals surface area contributed by atoms with Crippen LogP contribution < -0.4 is 0 Å². The molecule has 10 rings (SSSR count). The topological polar surface area (TPSA) is 169 Å². The molecule has 0 N–H and O–H groups in total. The molecule has 61 heavy (non-hydrogen) atoms. The fourth-order valence-electron chi connectivity index (χ4n) is 6.25. The summed E-state index contributed by atoms with van der Waals surface area (Å²) in [4.78, 5) is 12.3. The maximum atomic E-state index is 5.16. The molecule has 318 valence electrons. The van der Waals surface area contributed by atoms with Crippen LogP contribution in [0, 0.1) is 0 Å². The monoisotopic (exact) mass is 824 g/mol. The lowest BCUT2D eigenvalue weighted by atomic mass is 10.1. The fraction of sp³-hybridized carbons (Fsp3) is 0.333. The number of aromatic nitrogens is 8. The molecule has 8 aromatic heterocycles. The van der Waals surface area contributed by atoms with Crippen molar-refractivity contribution < 1.29 is 22.6 Å². The Kier molecular flexibility index (Phi) is 15.6. The van der Waals surface area contributed by atoms with Crippen molar-refractivity contribution in [2.24, 2.45) is 0 Å². The number of fused-ring (bicyclic) bond motifs is 5. The van der Waals surface area contributed by atoms with Gasteiger partial charge in [0.1, 0.15) is 11.2 Å². The van der Waals surface area contributed by atoms with Crippen LogP contribution in [-0.4, -0.2) is 40.7 Å². The Hall–Kier alpha value is -6.76. The minimum absolute atomic E-state index is 0. The summed E-state index contributed by atoms with van der Waals surface area (Å²) in [6.07, 6.45) is 6.96. The largest absolute Gasteiger partial charge is 0.356 e. The van der Waals surface area contributed by atoms with Crippen LogP contribution in [0.4, 0.5) is 0 Å². The van der Waals surface area contributed by atoms with Gasteiger partial charge in [-0.1, -0.05) is 127 Å². The van der Waals surface area contributed by atoms with Gasteiger partial charge in [-0.25, -0.2) is 4.98 Å². The van der Waals surface area contributed by atoms with E-state index in [0.29, 0.717) is 35.3 Å². The molecule has 0 atom stereocenters. The summed E-state index contributed by atoms with van der Waals surface area (Å²) in [6, 6.07) is 25.3. The number of benzene rings is 2. The molecule has 10 aromatic rings. The summed E-state index contributed by atoms with van der Waals surface area (Å²) in [7, 11) is 0. The molecule has 8 heterocycles. The van der Waals surface area contributed by atoms with Crippen molar-refractivity contribution in [2.45, 2.75) is 106 Å². The molecule has 0 aliphatic rings. The van der Waals surface area contributed by atoms with Gasteiger partial charge in [0.15, 0.2) is 22.3 Å². The zero-order valence-corrected chi connectivity index (χ0v) is 35.8. The molecule has 0 aliphatic heterocycles. The lowest BCUT2D eigenvalue weighted by Crippen LogP contribution is -1.88. The standard InChI is InChI=1S/2C10H11NO.3C9H10N2O.CH4/c2*1-7(2)10-8-5-3-4-6-9(8)12-11-10;1-6(2)9-7-5-10-4-3-8(7)12-11-9;1-6(2)8-9-7(12-11-8)4-3-5-10-9;1-6(2)8-7-4-3-5-10-9(7)12-11-8;/h2*3-7H,1-2H3;3*3-6H,1-2H3;1H4. The molecular formula is C48H56N8O5. The van der Waals surface area contributed by atoms with E-state index in [0.717, 1.165) is 77.9 Å². The van der Waals surface area contributed by atoms with E-state index in [9.17, 15) is 0 Å². The maximum absolute atomic E-state index is 5.16. The molecule has 0 aliphatic carbocycles. The van der Waals surface area contributed by atoms with Crippen LogP contribution in [0.3, 0.4) is 0 Å². The first-order valence-electron chi connectivity index (χ1n) is 20.2. The van der Waals surface area contributed by atoms with Gasteiger partial charge < -0.3 is 22.6 Å². The van der Waals surface area contributed by atoms with Gasteiger partial charge in [0.05, 0.1) is 33.5 Å². The van der Waals surface area contributed by atoms with Crippen molar-refractivity contribution in [2.75, 3.05) is 0 Å². The molecule has 13 heteroatoms. The molecule has 0 unspecified atom stereocenters. The number of rotatable bonds is 5. The Morgan fingerprint density at radius 1 is 0.361 bits per heavy atom. The summed E-state index contributed by atoms with van der Waals surface area (Å²) in [6.45, 7) is 21.0. The molecule has 0 spiro atoms. The Bertz CT molecular complexity index is 2410. The number of hydrogen-bond donors (Lipinski definition) is 0.